The smallest absolute Gasteiger partial charge is 0.146 e. The summed E-state index contributed by atoms with van der Waals surface area (Å²) in [5.41, 5.74) is 7.71. The first-order chi connectivity index (χ1) is 9.47. The number of hydrogen-bond donors (Lipinski definition) is 1. The Kier molecular flexibility index (Phi) is 4.04. The second-order valence-electron chi connectivity index (χ2n) is 4.47. The van der Waals surface area contributed by atoms with Crippen LogP contribution in [0.25, 0.3) is 0 Å². The van der Waals surface area contributed by atoms with Gasteiger partial charge in [0.05, 0.1) is 16.9 Å². The molecule has 0 unspecified atom stereocenters. The number of thiocarbonyl (C=S) groups is 1. The lowest BCUT2D eigenvalue weighted by Gasteiger charge is -2.24. The highest BCUT2D eigenvalue weighted by Gasteiger charge is 2.22. The van der Waals surface area contributed by atoms with E-state index in [-0.39, 0.29) is 10.8 Å². The minimum atomic E-state index is -0.290. The lowest BCUT2D eigenvalue weighted by Crippen LogP contribution is -2.24. The van der Waals surface area contributed by atoms with Crippen LogP contribution >= 0.6 is 12.2 Å². The molecule has 6 heteroatoms. The minimum Gasteiger partial charge on any atom is -0.389 e. The third-order valence-corrected chi connectivity index (χ3v) is 3.36. The fourth-order valence-corrected chi connectivity index (χ4v) is 2.59. The summed E-state index contributed by atoms with van der Waals surface area (Å²) in [7, 11) is 1.80. The van der Waals surface area contributed by atoms with Crippen molar-refractivity contribution in [2.75, 3.05) is 11.4 Å². The van der Waals surface area contributed by atoms with Crippen LogP contribution in [0.2, 0.25) is 0 Å². The quantitative estimate of drug-likeness (QED) is 0.880. The van der Waals surface area contributed by atoms with Gasteiger partial charge in [-0.25, -0.2) is 4.39 Å². The van der Waals surface area contributed by atoms with E-state index in [1.807, 2.05) is 18.7 Å². The third-order valence-electron chi connectivity index (χ3n) is 3.15. The molecule has 0 bridgehead atoms. The fourth-order valence-electron chi connectivity index (χ4n) is 2.35. The predicted molar refractivity (Wildman–Crippen MR) is 82.9 cm³/mol. The normalized spacial score (nSPS) is 10.6. The van der Waals surface area contributed by atoms with Crippen molar-refractivity contribution in [3.05, 3.63) is 41.3 Å². The molecule has 1 heterocycles. The highest BCUT2D eigenvalue weighted by molar-refractivity contribution is 7.80. The zero-order valence-electron chi connectivity index (χ0n) is 11.7. The van der Waals surface area contributed by atoms with Crippen molar-refractivity contribution in [2.45, 2.75) is 13.8 Å². The van der Waals surface area contributed by atoms with Crippen molar-refractivity contribution >= 4 is 28.7 Å². The van der Waals surface area contributed by atoms with Gasteiger partial charge >= 0.3 is 0 Å². The van der Waals surface area contributed by atoms with Crippen molar-refractivity contribution in [3.8, 4) is 0 Å². The monoisotopic (exact) mass is 292 g/mol. The lowest BCUT2D eigenvalue weighted by molar-refractivity contribution is 0.623. The van der Waals surface area contributed by atoms with Crippen LogP contribution < -0.4 is 10.6 Å². The van der Waals surface area contributed by atoms with Crippen LogP contribution in [0.15, 0.2) is 24.3 Å². The third kappa shape index (κ3) is 2.38. The van der Waals surface area contributed by atoms with Crippen LogP contribution in [0.1, 0.15) is 18.2 Å². The van der Waals surface area contributed by atoms with Crippen LogP contribution in [0.3, 0.4) is 0 Å². The molecule has 0 saturated heterocycles. The van der Waals surface area contributed by atoms with Gasteiger partial charge in [0.2, 0.25) is 0 Å². The summed E-state index contributed by atoms with van der Waals surface area (Å²) in [6, 6.07) is 6.62. The van der Waals surface area contributed by atoms with Gasteiger partial charge < -0.3 is 10.6 Å². The van der Waals surface area contributed by atoms with E-state index in [0.717, 1.165) is 5.69 Å². The number of aromatic nitrogens is 2. The summed E-state index contributed by atoms with van der Waals surface area (Å²) in [4.78, 5) is 2.09. The number of nitrogens with zero attached hydrogens (tertiary/aromatic N) is 3. The molecule has 2 rings (SSSR count). The first-order valence-corrected chi connectivity index (χ1v) is 6.73. The van der Waals surface area contributed by atoms with Gasteiger partial charge in [0, 0.05) is 13.6 Å². The second-order valence-corrected chi connectivity index (χ2v) is 4.91. The highest BCUT2D eigenvalue weighted by Crippen LogP contribution is 2.31. The molecule has 0 aliphatic carbocycles. The maximum absolute atomic E-state index is 14.0. The number of rotatable bonds is 4. The summed E-state index contributed by atoms with van der Waals surface area (Å²) in [5, 5.41) is 4.34. The molecule has 0 atom stereocenters. The standard InChI is InChI=1S/C14H17FN4S/c1-4-19(11-8-6-5-7-10(11)15)14-12(13(16)20)9(2)17-18(14)3/h5-8H,4H2,1-3H3,(H2,16,20). The van der Waals surface area contributed by atoms with Gasteiger partial charge in [-0.1, -0.05) is 24.4 Å². The van der Waals surface area contributed by atoms with Gasteiger partial charge in [-0.2, -0.15) is 5.10 Å². The predicted octanol–water partition coefficient (Wildman–Crippen LogP) is 2.66. The first kappa shape index (κ1) is 14.5. The molecule has 0 amide bonds. The van der Waals surface area contributed by atoms with E-state index in [1.165, 1.54) is 6.07 Å². The summed E-state index contributed by atoms with van der Waals surface area (Å²) in [5.74, 6) is 0.421. The molecular formula is C14H17FN4S. The summed E-state index contributed by atoms with van der Waals surface area (Å²) >= 11 is 5.10. The number of halogens is 1. The van der Waals surface area contributed by atoms with Gasteiger partial charge in [-0.15, -0.1) is 0 Å². The van der Waals surface area contributed by atoms with E-state index in [0.29, 0.717) is 23.6 Å². The maximum Gasteiger partial charge on any atom is 0.146 e. The second kappa shape index (κ2) is 5.58. The van der Waals surface area contributed by atoms with E-state index < -0.39 is 0 Å². The zero-order valence-corrected chi connectivity index (χ0v) is 12.5. The van der Waals surface area contributed by atoms with Gasteiger partial charge in [0.1, 0.15) is 16.6 Å². The Hall–Kier alpha value is -1.95. The first-order valence-electron chi connectivity index (χ1n) is 6.32. The van der Waals surface area contributed by atoms with E-state index in [4.69, 9.17) is 18.0 Å². The number of para-hydroxylation sites is 1. The summed E-state index contributed by atoms with van der Waals surface area (Å²) < 4.78 is 15.7. The topological polar surface area (TPSA) is 47.1 Å². The number of nitrogens with two attached hydrogens (primary N) is 1. The molecule has 2 aromatic rings. The van der Waals surface area contributed by atoms with Crippen molar-refractivity contribution in [1.29, 1.82) is 0 Å². The number of aryl methyl sites for hydroxylation is 2. The van der Waals surface area contributed by atoms with E-state index in [1.54, 1.807) is 29.9 Å². The fraction of sp³-hybridized carbons (Fsp3) is 0.286. The van der Waals surface area contributed by atoms with Crippen LogP contribution in [0.4, 0.5) is 15.9 Å². The molecule has 20 heavy (non-hydrogen) atoms. The van der Waals surface area contributed by atoms with Crippen molar-refractivity contribution in [3.63, 3.8) is 0 Å². The van der Waals surface area contributed by atoms with Crippen molar-refractivity contribution in [2.24, 2.45) is 12.8 Å². The Morgan fingerprint density at radius 1 is 1.45 bits per heavy atom. The molecule has 0 radical (unpaired) electrons. The zero-order chi connectivity index (χ0) is 14.9. The van der Waals surface area contributed by atoms with Crippen LogP contribution in [-0.2, 0) is 7.05 Å². The van der Waals surface area contributed by atoms with Crippen molar-refractivity contribution in [1.82, 2.24) is 9.78 Å². The molecule has 0 spiro atoms. The molecule has 0 aliphatic heterocycles. The SMILES string of the molecule is CCN(c1ccccc1F)c1c(C(N)=S)c(C)nn1C. The average molecular weight is 292 g/mol. The number of benzene rings is 1. The van der Waals surface area contributed by atoms with E-state index in [9.17, 15) is 4.39 Å². The minimum absolute atomic E-state index is 0.264. The summed E-state index contributed by atoms with van der Waals surface area (Å²) in [6.07, 6.45) is 0. The molecule has 0 aliphatic rings. The van der Waals surface area contributed by atoms with Gasteiger partial charge in [0.25, 0.3) is 0 Å². The highest BCUT2D eigenvalue weighted by atomic mass is 32.1. The molecule has 1 aromatic carbocycles. The van der Waals surface area contributed by atoms with Crippen LogP contribution in [-0.4, -0.2) is 21.3 Å². The lowest BCUT2D eigenvalue weighted by atomic mass is 10.2. The molecule has 4 nitrogen and oxygen atoms in total. The molecule has 0 saturated carbocycles. The Labute approximate surface area is 123 Å². The largest absolute Gasteiger partial charge is 0.389 e. The van der Waals surface area contributed by atoms with E-state index in [2.05, 4.69) is 5.10 Å². The molecule has 0 fully saturated rings. The molecule has 2 N–H and O–H groups in total. The molecule has 1 aromatic heterocycles. The number of hydrogen-bond acceptors (Lipinski definition) is 3. The molecular weight excluding hydrogens is 275 g/mol. The van der Waals surface area contributed by atoms with Gasteiger partial charge in [-0.3, -0.25) is 4.68 Å². The van der Waals surface area contributed by atoms with Crippen LogP contribution in [0, 0.1) is 12.7 Å². The van der Waals surface area contributed by atoms with E-state index >= 15 is 0 Å². The summed E-state index contributed by atoms with van der Waals surface area (Å²) in [6.45, 7) is 4.36. The average Bonchev–Trinajstić information content (AvgIpc) is 2.68. The maximum atomic E-state index is 14.0. The van der Waals surface area contributed by atoms with Gasteiger partial charge in [0.15, 0.2) is 0 Å². The Morgan fingerprint density at radius 2 is 2.10 bits per heavy atom. The Balaban J connectivity index is 2.65. The Morgan fingerprint density at radius 3 is 2.65 bits per heavy atom. The van der Waals surface area contributed by atoms with Gasteiger partial charge in [-0.05, 0) is 26.0 Å². The molecule has 106 valence electrons. The Bertz CT molecular complexity index is 651. The number of anilines is 2. The van der Waals surface area contributed by atoms with Crippen LogP contribution in [0.5, 0.6) is 0 Å². The van der Waals surface area contributed by atoms with Crippen molar-refractivity contribution < 1.29 is 4.39 Å².